The van der Waals surface area contributed by atoms with Gasteiger partial charge in [-0.2, -0.15) is 9.97 Å². The van der Waals surface area contributed by atoms with E-state index in [-0.39, 0.29) is 0 Å². The third-order valence-corrected chi connectivity index (χ3v) is 10.3. The second-order valence-electron chi connectivity index (χ2n) is 13.2. The fourth-order valence-corrected chi connectivity index (χ4v) is 7.90. The molecule has 0 spiro atoms. The number of furan rings is 1. The Morgan fingerprint density at radius 3 is 2.00 bits per heavy atom. The Morgan fingerprint density at radius 1 is 0.404 bits per heavy atom. The summed E-state index contributed by atoms with van der Waals surface area (Å²) in [5.41, 5.74) is 9.99. The predicted molar refractivity (Wildman–Crippen MR) is 212 cm³/mol. The third kappa shape index (κ3) is 4.33. The summed E-state index contributed by atoms with van der Waals surface area (Å²) in [4.78, 5) is 18.2. The number of nitrogens with zero attached hydrogens (tertiary/aromatic N) is 4. The van der Waals surface area contributed by atoms with Crippen molar-refractivity contribution in [2.24, 2.45) is 0 Å². The smallest absolute Gasteiger partial charge is 0.238 e. The summed E-state index contributed by atoms with van der Waals surface area (Å²) >= 11 is 0. The van der Waals surface area contributed by atoms with Crippen molar-refractivity contribution >= 4 is 60.8 Å². The van der Waals surface area contributed by atoms with E-state index in [4.69, 9.17) is 19.4 Å². The molecule has 0 aliphatic carbocycles. The molecule has 242 valence electrons. The van der Waals surface area contributed by atoms with Gasteiger partial charge in [0.15, 0.2) is 11.6 Å². The highest BCUT2D eigenvalue weighted by Gasteiger charge is 2.30. The van der Waals surface area contributed by atoms with Gasteiger partial charge in [0.2, 0.25) is 5.95 Å². The highest BCUT2D eigenvalue weighted by atomic mass is 16.3. The van der Waals surface area contributed by atoms with Gasteiger partial charge < -0.3 is 4.42 Å². The molecule has 0 saturated heterocycles. The molecule has 10 aromatic rings. The molecule has 0 unspecified atom stereocenters. The van der Waals surface area contributed by atoms with Gasteiger partial charge in [-0.25, -0.2) is 4.98 Å². The minimum atomic E-state index is 0.548. The molecule has 8 aromatic carbocycles. The van der Waals surface area contributed by atoms with E-state index in [1.165, 1.54) is 10.9 Å². The van der Waals surface area contributed by atoms with Gasteiger partial charge in [0, 0.05) is 38.2 Å². The number of para-hydroxylation sites is 1. The fraction of sp³-hybridized carbons (Fsp3) is 0. The molecule has 0 bridgehead atoms. The van der Waals surface area contributed by atoms with E-state index in [0.717, 1.165) is 77.3 Å². The first-order valence-electron chi connectivity index (χ1n) is 17.5. The zero-order valence-electron chi connectivity index (χ0n) is 27.9. The minimum Gasteiger partial charge on any atom is -0.456 e. The van der Waals surface area contributed by atoms with Crippen LogP contribution in [0.3, 0.4) is 0 Å². The molecule has 5 heteroatoms. The average Bonchev–Trinajstić information content (AvgIpc) is 3.59. The number of rotatable bonds is 4. The van der Waals surface area contributed by atoms with Gasteiger partial charge in [0.1, 0.15) is 11.2 Å². The highest BCUT2D eigenvalue weighted by Crippen LogP contribution is 2.53. The molecule has 5 nitrogen and oxygen atoms in total. The summed E-state index contributed by atoms with van der Waals surface area (Å²) in [5, 5.41) is 6.76. The largest absolute Gasteiger partial charge is 0.456 e. The number of benzene rings is 8. The number of fused-ring (bicyclic) bond motifs is 7. The van der Waals surface area contributed by atoms with Crippen molar-refractivity contribution in [3.05, 3.63) is 170 Å². The second-order valence-corrected chi connectivity index (χ2v) is 13.2. The predicted octanol–water partition coefficient (Wildman–Crippen LogP) is 12.5. The van der Waals surface area contributed by atoms with Crippen molar-refractivity contribution in [1.29, 1.82) is 0 Å². The molecule has 0 fully saturated rings. The van der Waals surface area contributed by atoms with E-state index in [1.807, 2.05) is 30.3 Å². The van der Waals surface area contributed by atoms with Gasteiger partial charge in [-0.1, -0.05) is 146 Å². The van der Waals surface area contributed by atoms with Crippen LogP contribution in [0.1, 0.15) is 0 Å². The number of hydrogen-bond donors (Lipinski definition) is 0. The monoisotopic (exact) mass is 664 g/mol. The Balaban J connectivity index is 1.22. The molecule has 3 heterocycles. The lowest BCUT2D eigenvalue weighted by Crippen LogP contribution is -2.19. The molecule has 0 radical (unpaired) electrons. The van der Waals surface area contributed by atoms with Crippen molar-refractivity contribution in [1.82, 2.24) is 15.0 Å². The molecule has 0 N–H and O–H groups in total. The van der Waals surface area contributed by atoms with Crippen molar-refractivity contribution in [2.75, 3.05) is 4.90 Å². The molecule has 11 rings (SSSR count). The second kappa shape index (κ2) is 11.2. The average molecular weight is 665 g/mol. The van der Waals surface area contributed by atoms with Gasteiger partial charge >= 0.3 is 0 Å². The first-order valence-corrected chi connectivity index (χ1v) is 17.5. The van der Waals surface area contributed by atoms with Crippen molar-refractivity contribution in [3.63, 3.8) is 0 Å². The van der Waals surface area contributed by atoms with Gasteiger partial charge in [-0.3, -0.25) is 4.90 Å². The summed E-state index contributed by atoms with van der Waals surface area (Å²) < 4.78 is 6.34. The van der Waals surface area contributed by atoms with Crippen molar-refractivity contribution in [2.45, 2.75) is 0 Å². The quantitative estimate of drug-likeness (QED) is 0.187. The molecular formula is C47H28N4O. The standard InChI is InChI=1S/C47H28N4O/c1-2-12-29(13-3-1)33-17-6-7-20-39(33)46-48-45(32-25-26-36-35-19-8-9-23-41(35)52-42(36)28-32)49-47(50-46)51-40-22-11-16-31-15-10-21-37(43(31)40)38-27-24-30-14-4-5-18-34(30)44(38)51/h1-28H. The maximum Gasteiger partial charge on any atom is 0.238 e. The zero-order valence-corrected chi connectivity index (χ0v) is 27.9. The Labute approximate surface area is 299 Å². The summed E-state index contributed by atoms with van der Waals surface area (Å²) in [6, 6.07) is 59.2. The molecule has 1 aliphatic heterocycles. The van der Waals surface area contributed by atoms with Crippen molar-refractivity contribution in [3.8, 4) is 45.0 Å². The lowest BCUT2D eigenvalue weighted by molar-refractivity contribution is 0.669. The first-order chi connectivity index (χ1) is 25.8. The molecular weight excluding hydrogens is 637 g/mol. The number of anilines is 3. The molecule has 0 atom stereocenters. The Hall–Kier alpha value is -7.11. The molecule has 2 aromatic heterocycles. The van der Waals surface area contributed by atoms with E-state index in [2.05, 4.69) is 144 Å². The van der Waals surface area contributed by atoms with Crippen LogP contribution < -0.4 is 4.90 Å². The Bertz CT molecular complexity index is 3030. The van der Waals surface area contributed by atoms with Gasteiger partial charge in [0.25, 0.3) is 0 Å². The van der Waals surface area contributed by atoms with Crippen LogP contribution in [0, 0.1) is 0 Å². The van der Waals surface area contributed by atoms with E-state index in [1.54, 1.807) is 0 Å². The molecule has 0 saturated carbocycles. The maximum absolute atomic E-state index is 6.34. The van der Waals surface area contributed by atoms with E-state index in [0.29, 0.717) is 17.6 Å². The van der Waals surface area contributed by atoms with Gasteiger partial charge in [0.05, 0.1) is 11.4 Å². The lowest BCUT2D eigenvalue weighted by atomic mass is 9.89. The maximum atomic E-state index is 6.34. The van der Waals surface area contributed by atoms with Crippen LogP contribution >= 0.6 is 0 Å². The van der Waals surface area contributed by atoms with Gasteiger partial charge in [-0.15, -0.1) is 0 Å². The highest BCUT2D eigenvalue weighted by molar-refractivity contribution is 6.18. The zero-order chi connectivity index (χ0) is 34.2. The summed E-state index contributed by atoms with van der Waals surface area (Å²) in [5.74, 6) is 1.71. The Kier molecular flexibility index (Phi) is 6.18. The summed E-state index contributed by atoms with van der Waals surface area (Å²) in [6.07, 6.45) is 0. The summed E-state index contributed by atoms with van der Waals surface area (Å²) in [7, 11) is 0. The van der Waals surface area contributed by atoms with Crippen LogP contribution in [0.5, 0.6) is 0 Å². The topological polar surface area (TPSA) is 55.1 Å². The van der Waals surface area contributed by atoms with Gasteiger partial charge in [-0.05, 0) is 51.7 Å². The van der Waals surface area contributed by atoms with E-state index < -0.39 is 0 Å². The molecule has 52 heavy (non-hydrogen) atoms. The van der Waals surface area contributed by atoms with E-state index in [9.17, 15) is 0 Å². The number of aromatic nitrogens is 3. The Morgan fingerprint density at radius 2 is 1.10 bits per heavy atom. The first kappa shape index (κ1) is 28.7. The lowest BCUT2D eigenvalue weighted by Gasteiger charge is -2.33. The van der Waals surface area contributed by atoms with Crippen LogP contribution in [-0.4, -0.2) is 15.0 Å². The van der Waals surface area contributed by atoms with Crippen molar-refractivity contribution < 1.29 is 4.42 Å². The fourth-order valence-electron chi connectivity index (χ4n) is 7.90. The van der Waals surface area contributed by atoms with Crippen LogP contribution in [-0.2, 0) is 0 Å². The normalized spacial score (nSPS) is 12.2. The van der Waals surface area contributed by atoms with E-state index >= 15 is 0 Å². The number of hydrogen-bond acceptors (Lipinski definition) is 5. The third-order valence-electron chi connectivity index (χ3n) is 10.3. The minimum absolute atomic E-state index is 0.548. The SMILES string of the molecule is c1ccc(-c2ccccc2-c2nc(-c3ccc4c(c3)oc3ccccc34)nc(N3c4c(ccc5ccccc45)-c4cccc5cccc3c45)n2)cc1. The molecule has 0 amide bonds. The van der Waals surface area contributed by atoms with Crippen LogP contribution in [0.4, 0.5) is 17.3 Å². The van der Waals surface area contributed by atoms with Crippen LogP contribution in [0.25, 0.3) is 88.5 Å². The molecule has 1 aliphatic rings. The van der Waals surface area contributed by atoms with Crippen LogP contribution in [0.2, 0.25) is 0 Å². The van der Waals surface area contributed by atoms with Crippen LogP contribution in [0.15, 0.2) is 174 Å². The summed E-state index contributed by atoms with van der Waals surface area (Å²) in [6.45, 7) is 0.